The standard InChI is InChI=1S/C26H24F2N2/c1-3-7-18-13-21(27)24(22(28)14-18)26-25-20(19-10-4-5-11-23(19)29-25)12-16(2)30(26)15-17-8-6-9-17/h3-7,10-11,13-14,16,26,29H,8,12,15H2,1-2H3/b7-3+/t16-,26-/m1/s1. The van der Waals surface area contributed by atoms with E-state index in [1.807, 2.05) is 31.2 Å². The summed E-state index contributed by atoms with van der Waals surface area (Å²) in [5.74, 6) is -1.01. The van der Waals surface area contributed by atoms with Crippen LogP contribution in [0.4, 0.5) is 8.78 Å². The van der Waals surface area contributed by atoms with Crippen LogP contribution >= 0.6 is 0 Å². The van der Waals surface area contributed by atoms with Crippen LogP contribution in [0.15, 0.2) is 59.9 Å². The third kappa shape index (κ3) is 3.04. The second-order valence-corrected chi connectivity index (χ2v) is 8.25. The number of benzene rings is 2. The summed E-state index contributed by atoms with van der Waals surface area (Å²) in [6, 6.07) is 10.6. The van der Waals surface area contributed by atoms with Crippen molar-refractivity contribution >= 4 is 17.0 Å². The summed E-state index contributed by atoms with van der Waals surface area (Å²) in [4.78, 5) is 5.70. The maximum Gasteiger partial charge on any atom is 0.131 e. The van der Waals surface area contributed by atoms with E-state index in [1.54, 1.807) is 12.2 Å². The molecule has 152 valence electrons. The molecule has 2 nitrogen and oxygen atoms in total. The summed E-state index contributed by atoms with van der Waals surface area (Å²) in [6.07, 6.45) is 7.23. The van der Waals surface area contributed by atoms with Gasteiger partial charge in [-0.1, -0.05) is 30.4 Å². The Morgan fingerprint density at radius 3 is 2.60 bits per heavy atom. The van der Waals surface area contributed by atoms with E-state index in [1.165, 1.54) is 17.7 Å². The molecule has 4 heteroatoms. The Morgan fingerprint density at radius 2 is 1.93 bits per heavy atom. The number of H-pyrrole nitrogens is 1. The molecule has 0 fully saturated rings. The number of aromatic amines is 1. The Kier molecular flexibility index (Phi) is 4.69. The highest BCUT2D eigenvalue weighted by molar-refractivity contribution is 5.85. The fourth-order valence-electron chi connectivity index (χ4n) is 4.80. The van der Waals surface area contributed by atoms with Crippen LogP contribution < -0.4 is 0 Å². The summed E-state index contributed by atoms with van der Waals surface area (Å²) in [7, 11) is 0. The number of nitrogens with zero attached hydrogens (tertiary/aromatic N) is 1. The summed E-state index contributed by atoms with van der Waals surface area (Å²) in [5, 5.41) is 1.14. The van der Waals surface area contributed by atoms with Crippen LogP contribution in [-0.2, 0) is 6.42 Å². The lowest BCUT2D eigenvalue weighted by Gasteiger charge is -2.41. The third-order valence-electron chi connectivity index (χ3n) is 6.28. The van der Waals surface area contributed by atoms with E-state index in [4.69, 9.17) is 0 Å². The van der Waals surface area contributed by atoms with Gasteiger partial charge in [0.25, 0.3) is 0 Å². The van der Waals surface area contributed by atoms with Crippen molar-refractivity contribution in [2.45, 2.75) is 38.8 Å². The number of para-hydroxylation sites is 1. The zero-order chi connectivity index (χ0) is 20.8. The molecule has 0 amide bonds. The lowest BCUT2D eigenvalue weighted by Crippen LogP contribution is -2.44. The predicted octanol–water partition coefficient (Wildman–Crippen LogP) is 6.30. The average molecular weight is 402 g/mol. The summed E-state index contributed by atoms with van der Waals surface area (Å²) in [6.45, 7) is 4.64. The molecule has 30 heavy (non-hydrogen) atoms. The van der Waals surface area contributed by atoms with Gasteiger partial charge in [-0.15, -0.1) is 5.73 Å². The molecule has 1 N–H and O–H groups in total. The van der Waals surface area contributed by atoms with Crippen LogP contribution in [0.25, 0.3) is 17.0 Å². The number of halogens is 2. The van der Waals surface area contributed by atoms with E-state index < -0.39 is 17.7 Å². The molecule has 0 saturated heterocycles. The topological polar surface area (TPSA) is 19.0 Å². The Hall–Kier alpha value is -2.94. The Balaban J connectivity index is 1.72. The summed E-state index contributed by atoms with van der Waals surface area (Å²) >= 11 is 0. The molecule has 0 radical (unpaired) electrons. The van der Waals surface area contributed by atoms with Crippen molar-refractivity contribution in [2.24, 2.45) is 0 Å². The molecule has 0 unspecified atom stereocenters. The van der Waals surface area contributed by atoms with E-state index in [9.17, 15) is 0 Å². The number of allylic oxidation sites excluding steroid dienone is 1. The summed E-state index contributed by atoms with van der Waals surface area (Å²) in [5.41, 5.74) is 8.13. The smallest absolute Gasteiger partial charge is 0.131 e. The number of aromatic nitrogens is 1. The van der Waals surface area contributed by atoms with Crippen LogP contribution in [-0.4, -0.2) is 22.5 Å². The van der Waals surface area contributed by atoms with E-state index in [-0.39, 0.29) is 11.6 Å². The number of hydrogen-bond donors (Lipinski definition) is 1. The van der Waals surface area contributed by atoms with Crippen molar-refractivity contribution in [3.05, 3.63) is 93.9 Å². The van der Waals surface area contributed by atoms with Crippen LogP contribution in [0.5, 0.6) is 0 Å². The summed E-state index contributed by atoms with van der Waals surface area (Å²) < 4.78 is 30.7. The van der Waals surface area contributed by atoms with Gasteiger partial charge in [-0.25, -0.2) is 8.78 Å². The molecule has 3 aromatic rings. The van der Waals surface area contributed by atoms with Crippen LogP contribution in [0.1, 0.15) is 48.7 Å². The molecular formula is C26H24F2N2. The largest absolute Gasteiger partial charge is 0.357 e. The van der Waals surface area contributed by atoms with E-state index in [0.29, 0.717) is 12.1 Å². The molecule has 0 spiro atoms. The Labute approximate surface area is 175 Å². The van der Waals surface area contributed by atoms with Gasteiger partial charge in [-0.2, -0.15) is 0 Å². The minimum atomic E-state index is -0.509. The van der Waals surface area contributed by atoms with Crippen molar-refractivity contribution < 1.29 is 8.78 Å². The zero-order valence-electron chi connectivity index (χ0n) is 17.2. The monoisotopic (exact) mass is 402 g/mol. The highest BCUT2D eigenvalue weighted by atomic mass is 19.1. The SMILES string of the molecule is C/C=C/c1cc(F)c([C@@H]2c3[nH]c4ccccc4c3C[C@@H](C)N2CC2=C=CC2)c(F)c1. The lowest BCUT2D eigenvalue weighted by molar-refractivity contribution is 0.156. The molecule has 1 aromatic heterocycles. The Morgan fingerprint density at radius 1 is 1.20 bits per heavy atom. The Bertz CT molecular complexity index is 1200. The van der Waals surface area contributed by atoms with Crippen LogP contribution in [0.2, 0.25) is 0 Å². The molecule has 2 atom stereocenters. The molecule has 2 heterocycles. The second kappa shape index (κ2) is 7.39. The van der Waals surface area contributed by atoms with Gasteiger partial charge in [0.2, 0.25) is 0 Å². The van der Waals surface area contributed by atoms with Gasteiger partial charge in [0.15, 0.2) is 0 Å². The quantitative estimate of drug-likeness (QED) is 0.507. The first kappa shape index (κ1) is 19.0. The molecule has 5 rings (SSSR count). The first-order chi connectivity index (χ1) is 14.6. The normalized spacial score (nSPS) is 21.1. The lowest BCUT2D eigenvalue weighted by atomic mass is 9.87. The molecule has 1 aliphatic heterocycles. The number of nitrogens with one attached hydrogen (secondary N) is 1. The van der Waals surface area contributed by atoms with Crippen LogP contribution in [0.3, 0.4) is 0 Å². The van der Waals surface area contributed by atoms with Crippen molar-refractivity contribution in [1.29, 1.82) is 0 Å². The van der Waals surface area contributed by atoms with E-state index in [2.05, 4.69) is 28.6 Å². The van der Waals surface area contributed by atoms with Gasteiger partial charge in [-0.3, -0.25) is 4.90 Å². The van der Waals surface area contributed by atoms with Crippen molar-refractivity contribution in [2.75, 3.05) is 6.54 Å². The van der Waals surface area contributed by atoms with E-state index in [0.717, 1.165) is 35.0 Å². The maximum atomic E-state index is 15.4. The number of hydrogen-bond acceptors (Lipinski definition) is 1. The number of rotatable bonds is 4. The van der Waals surface area contributed by atoms with Crippen LogP contribution in [0, 0.1) is 11.6 Å². The van der Waals surface area contributed by atoms with Gasteiger partial charge in [0.05, 0.1) is 6.04 Å². The minimum absolute atomic E-state index is 0.117. The maximum absolute atomic E-state index is 15.4. The highest BCUT2D eigenvalue weighted by Gasteiger charge is 2.39. The van der Waals surface area contributed by atoms with Gasteiger partial charge in [-0.05, 0) is 61.2 Å². The zero-order valence-corrected chi connectivity index (χ0v) is 17.2. The van der Waals surface area contributed by atoms with Gasteiger partial charge in [0.1, 0.15) is 11.6 Å². The van der Waals surface area contributed by atoms with Gasteiger partial charge in [0, 0.05) is 41.2 Å². The molecule has 1 aliphatic carbocycles. The fraction of sp³-hybridized carbons (Fsp3) is 0.269. The first-order valence-electron chi connectivity index (χ1n) is 10.5. The second-order valence-electron chi connectivity index (χ2n) is 8.25. The van der Waals surface area contributed by atoms with E-state index >= 15 is 8.78 Å². The molecule has 2 aromatic carbocycles. The van der Waals surface area contributed by atoms with Crippen molar-refractivity contribution in [3.63, 3.8) is 0 Å². The molecular weight excluding hydrogens is 378 g/mol. The first-order valence-corrected chi connectivity index (χ1v) is 10.5. The predicted molar refractivity (Wildman–Crippen MR) is 117 cm³/mol. The van der Waals surface area contributed by atoms with Gasteiger partial charge < -0.3 is 4.98 Å². The molecule has 0 saturated carbocycles. The molecule has 2 aliphatic rings. The van der Waals surface area contributed by atoms with Gasteiger partial charge >= 0.3 is 0 Å². The fourth-order valence-corrected chi connectivity index (χ4v) is 4.80. The molecule has 0 bridgehead atoms. The average Bonchev–Trinajstić information content (AvgIpc) is 3.04. The minimum Gasteiger partial charge on any atom is -0.357 e. The highest BCUT2D eigenvalue weighted by Crippen LogP contribution is 2.43. The van der Waals surface area contributed by atoms with Crippen molar-refractivity contribution in [3.8, 4) is 0 Å². The third-order valence-corrected chi connectivity index (χ3v) is 6.28. The number of fused-ring (bicyclic) bond motifs is 3. The van der Waals surface area contributed by atoms with Crippen molar-refractivity contribution in [1.82, 2.24) is 9.88 Å².